The summed E-state index contributed by atoms with van der Waals surface area (Å²) >= 11 is 1.17. The van der Waals surface area contributed by atoms with Crippen LogP contribution in [0.15, 0.2) is 53.4 Å². The molecule has 1 saturated heterocycles. The zero-order valence-electron chi connectivity index (χ0n) is 13.6. The van der Waals surface area contributed by atoms with Crippen LogP contribution >= 0.6 is 11.9 Å². The number of anilines is 2. The lowest BCUT2D eigenvalue weighted by Gasteiger charge is -2.27. The molecule has 0 aromatic heterocycles. The van der Waals surface area contributed by atoms with Gasteiger partial charge in [0.15, 0.2) is 0 Å². The lowest BCUT2D eigenvalue weighted by molar-refractivity contribution is -0.117. The summed E-state index contributed by atoms with van der Waals surface area (Å²) in [4.78, 5) is 15.8. The molecule has 0 aliphatic carbocycles. The molecule has 2 aromatic rings. The van der Waals surface area contributed by atoms with Crippen LogP contribution in [-0.2, 0) is 4.79 Å². The molecular weight excluding hydrogens is 322 g/mol. The quantitative estimate of drug-likeness (QED) is 0.816. The molecule has 0 spiro atoms. The number of ether oxygens (including phenoxy) is 1. The molecular formula is C18H21N3O2S. The van der Waals surface area contributed by atoms with Gasteiger partial charge in [-0.1, -0.05) is 18.2 Å². The molecule has 1 amide bonds. The zero-order valence-corrected chi connectivity index (χ0v) is 14.4. The largest absolute Gasteiger partial charge is 0.495 e. The molecule has 1 aliphatic rings. The third-order valence-electron chi connectivity index (χ3n) is 4.19. The summed E-state index contributed by atoms with van der Waals surface area (Å²) in [6.45, 7) is 0.844. The van der Waals surface area contributed by atoms with Crippen molar-refractivity contribution in [2.24, 2.45) is 5.14 Å². The van der Waals surface area contributed by atoms with Crippen molar-refractivity contribution in [3.63, 3.8) is 0 Å². The summed E-state index contributed by atoms with van der Waals surface area (Å²) < 4.78 is 5.44. The summed E-state index contributed by atoms with van der Waals surface area (Å²) in [6.07, 6.45) is 1.81. The van der Waals surface area contributed by atoms with Gasteiger partial charge in [0, 0.05) is 17.1 Å². The maximum atomic E-state index is 12.8. The molecule has 1 atom stereocenters. The normalized spacial score (nSPS) is 16.9. The van der Waals surface area contributed by atoms with Crippen molar-refractivity contribution in [2.75, 3.05) is 23.9 Å². The highest BCUT2D eigenvalue weighted by atomic mass is 32.2. The van der Waals surface area contributed by atoms with Crippen LogP contribution in [0.2, 0.25) is 0 Å². The van der Waals surface area contributed by atoms with Crippen LogP contribution in [0, 0.1) is 0 Å². The van der Waals surface area contributed by atoms with E-state index in [-0.39, 0.29) is 11.9 Å². The van der Waals surface area contributed by atoms with Gasteiger partial charge in [0.2, 0.25) is 5.91 Å². The van der Waals surface area contributed by atoms with E-state index in [2.05, 4.69) is 10.2 Å². The monoisotopic (exact) mass is 343 g/mol. The van der Waals surface area contributed by atoms with Gasteiger partial charge < -0.3 is 15.0 Å². The number of nitrogens with zero attached hydrogens (tertiary/aromatic N) is 1. The lowest BCUT2D eigenvalue weighted by Crippen LogP contribution is -2.39. The van der Waals surface area contributed by atoms with Crippen molar-refractivity contribution in [3.05, 3.63) is 48.5 Å². The Morgan fingerprint density at radius 2 is 2.12 bits per heavy atom. The van der Waals surface area contributed by atoms with Crippen molar-refractivity contribution < 1.29 is 9.53 Å². The van der Waals surface area contributed by atoms with Crippen LogP contribution in [0.5, 0.6) is 5.75 Å². The molecule has 3 rings (SSSR count). The van der Waals surface area contributed by atoms with E-state index in [1.54, 1.807) is 7.11 Å². The molecule has 3 N–H and O–H groups in total. The highest BCUT2D eigenvalue weighted by Gasteiger charge is 2.32. The number of carbonyl (C=O) groups is 1. The Labute approximate surface area is 146 Å². The fourth-order valence-corrected chi connectivity index (χ4v) is 3.42. The van der Waals surface area contributed by atoms with Crippen LogP contribution in [0.25, 0.3) is 0 Å². The van der Waals surface area contributed by atoms with Gasteiger partial charge >= 0.3 is 0 Å². The van der Waals surface area contributed by atoms with Crippen LogP contribution in [0.1, 0.15) is 12.8 Å². The van der Waals surface area contributed by atoms with Crippen molar-refractivity contribution in [3.8, 4) is 5.75 Å². The molecule has 126 valence electrons. The number of hydrogen-bond acceptors (Lipinski definition) is 5. The molecule has 24 heavy (non-hydrogen) atoms. The fraction of sp³-hybridized carbons (Fsp3) is 0.278. The van der Waals surface area contributed by atoms with E-state index >= 15 is 0 Å². The Morgan fingerprint density at radius 3 is 2.92 bits per heavy atom. The van der Waals surface area contributed by atoms with Crippen LogP contribution < -0.4 is 20.1 Å². The van der Waals surface area contributed by atoms with Crippen LogP contribution in [0.4, 0.5) is 11.4 Å². The summed E-state index contributed by atoms with van der Waals surface area (Å²) in [6, 6.07) is 15.2. The first-order chi connectivity index (χ1) is 11.7. The number of methoxy groups -OCH3 is 1. The second-order valence-corrected chi connectivity index (χ2v) is 6.37. The Balaban J connectivity index is 1.78. The van der Waals surface area contributed by atoms with E-state index in [4.69, 9.17) is 9.88 Å². The number of rotatable bonds is 5. The van der Waals surface area contributed by atoms with E-state index in [0.29, 0.717) is 0 Å². The molecule has 6 heteroatoms. The van der Waals surface area contributed by atoms with Gasteiger partial charge in [0.25, 0.3) is 0 Å². The zero-order chi connectivity index (χ0) is 16.9. The average Bonchev–Trinajstić information content (AvgIpc) is 3.11. The minimum atomic E-state index is -0.199. The Bertz CT molecular complexity index is 723. The highest BCUT2D eigenvalue weighted by molar-refractivity contribution is 7.97. The standard InChI is InChI=1S/C18H21N3O2S/c1-23-17-10-3-2-8-15(17)21-11-5-9-16(21)18(22)20-13-6-4-7-14(12-13)24-19/h2-4,6-8,10,12,16H,5,9,11,19H2,1H3,(H,20,22). The summed E-state index contributed by atoms with van der Waals surface area (Å²) in [5.41, 5.74) is 1.73. The van der Waals surface area contributed by atoms with E-state index in [1.165, 1.54) is 11.9 Å². The molecule has 2 aromatic carbocycles. The van der Waals surface area contributed by atoms with E-state index < -0.39 is 0 Å². The Morgan fingerprint density at radius 1 is 1.29 bits per heavy atom. The van der Waals surface area contributed by atoms with E-state index in [1.807, 2.05) is 48.5 Å². The van der Waals surface area contributed by atoms with Crippen LogP contribution in [0.3, 0.4) is 0 Å². The lowest BCUT2D eigenvalue weighted by atomic mass is 10.1. The van der Waals surface area contributed by atoms with Gasteiger partial charge in [-0.25, -0.2) is 0 Å². The van der Waals surface area contributed by atoms with Crippen LogP contribution in [-0.4, -0.2) is 25.6 Å². The molecule has 1 fully saturated rings. The van der Waals surface area contributed by atoms with Crippen molar-refractivity contribution in [2.45, 2.75) is 23.8 Å². The molecule has 0 saturated carbocycles. The second-order valence-electron chi connectivity index (χ2n) is 5.66. The Kier molecular flexibility index (Phi) is 5.27. The fourth-order valence-electron chi connectivity index (χ4n) is 3.07. The maximum Gasteiger partial charge on any atom is 0.247 e. The highest BCUT2D eigenvalue weighted by Crippen LogP contribution is 2.33. The third kappa shape index (κ3) is 3.49. The van der Waals surface area contributed by atoms with Gasteiger partial charge in [-0.05, 0) is 55.1 Å². The molecule has 5 nitrogen and oxygen atoms in total. The number of nitrogens with one attached hydrogen (secondary N) is 1. The van der Waals surface area contributed by atoms with Gasteiger partial charge in [-0.2, -0.15) is 0 Å². The minimum Gasteiger partial charge on any atom is -0.495 e. The van der Waals surface area contributed by atoms with Crippen molar-refractivity contribution in [1.82, 2.24) is 0 Å². The molecule has 1 aliphatic heterocycles. The molecule has 0 bridgehead atoms. The minimum absolute atomic E-state index is 0.00224. The van der Waals surface area contributed by atoms with Gasteiger partial charge in [0.1, 0.15) is 11.8 Å². The van der Waals surface area contributed by atoms with Gasteiger partial charge in [-0.15, -0.1) is 0 Å². The first-order valence-corrected chi connectivity index (χ1v) is 8.78. The first kappa shape index (κ1) is 16.7. The predicted octanol–water partition coefficient (Wildman–Crippen LogP) is 3.27. The number of nitrogens with two attached hydrogens (primary N) is 1. The number of hydrogen-bond donors (Lipinski definition) is 2. The number of benzene rings is 2. The summed E-state index contributed by atoms with van der Waals surface area (Å²) in [7, 11) is 1.65. The molecule has 1 unspecified atom stereocenters. The topological polar surface area (TPSA) is 67.6 Å². The predicted molar refractivity (Wildman–Crippen MR) is 98.5 cm³/mol. The van der Waals surface area contributed by atoms with Crippen molar-refractivity contribution >= 4 is 29.2 Å². The van der Waals surface area contributed by atoms with Gasteiger partial charge in [-0.3, -0.25) is 9.93 Å². The average molecular weight is 343 g/mol. The third-order valence-corrected chi connectivity index (χ3v) is 4.71. The maximum absolute atomic E-state index is 12.8. The van der Waals surface area contributed by atoms with E-state index in [9.17, 15) is 4.79 Å². The van der Waals surface area contributed by atoms with E-state index in [0.717, 1.165) is 41.4 Å². The SMILES string of the molecule is COc1ccccc1N1CCCC1C(=O)Nc1cccc(SN)c1. The first-order valence-electron chi connectivity index (χ1n) is 7.90. The Hall–Kier alpha value is -2.18. The smallest absolute Gasteiger partial charge is 0.247 e. The number of para-hydroxylation sites is 2. The molecule has 0 radical (unpaired) electrons. The summed E-state index contributed by atoms with van der Waals surface area (Å²) in [5.74, 6) is 0.788. The summed E-state index contributed by atoms with van der Waals surface area (Å²) in [5, 5.41) is 8.59. The second kappa shape index (κ2) is 7.59. The number of carbonyl (C=O) groups excluding carboxylic acids is 1. The molecule has 1 heterocycles. The van der Waals surface area contributed by atoms with Crippen molar-refractivity contribution in [1.29, 1.82) is 0 Å². The van der Waals surface area contributed by atoms with Gasteiger partial charge in [0.05, 0.1) is 12.8 Å². The number of amides is 1.